The van der Waals surface area contributed by atoms with Crippen molar-refractivity contribution in [2.75, 3.05) is 6.54 Å². The second kappa shape index (κ2) is 5.63. The van der Waals surface area contributed by atoms with Crippen LogP contribution in [0.5, 0.6) is 0 Å². The van der Waals surface area contributed by atoms with Gasteiger partial charge >= 0.3 is 0 Å². The SMILES string of the molecule is c1cn(CC2CCCCCN2)c(-c2cscn2)n1. The van der Waals surface area contributed by atoms with E-state index < -0.39 is 0 Å². The number of rotatable bonds is 3. The Labute approximate surface area is 111 Å². The Bertz CT molecular complexity index is 469. The van der Waals surface area contributed by atoms with Crippen LogP contribution >= 0.6 is 11.3 Å². The van der Waals surface area contributed by atoms with E-state index in [4.69, 9.17) is 0 Å². The molecule has 0 saturated carbocycles. The summed E-state index contributed by atoms with van der Waals surface area (Å²) in [4.78, 5) is 8.77. The molecule has 2 aromatic rings. The lowest BCUT2D eigenvalue weighted by atomic mass is 10.1. The summed E-state index contributed by atoms with van der Waals surface area (Å²) >= 11 is 1.62. The predicted octanol–water partition coefficient (Wildman–Crippen LogP) is 2.54. The zero-order valence-electron chi connectivity index (χ0n) is 10.4. The first-order valence-corrected chi connectivity index (χ1v) is 7.51. The van der Waals surface area contributed by atoms with Gasteiger partial charge in [0.05, 0.1) is 5.51 Å². The minimum absolute atomic E-state index is 0.569. The standard InChI is InChI=1S/C13H18N4S/c1-2-4-11(14-5-3-1)8-17-7-6-15-13(17)12-9-18-10-16-12/h6-7,9-11,14H,1-5,8H2. The molecule has 3 heterocycles. The van der Waals surface area contributed by atoms with E-state index in [0.29, 0.717) is 6.04 Å². The van der Waals surface area contributed by atoms with Crippen molar-refractivity contribution < 1.29 is 0 Å². The van der Waals surface area contributed by atoms with Crippen molar-refractivity contribution in [3.63, 3.8) is 0 Å². The molecule has 0 radical (unpaired) electrons. The van der Waals surface area contributed by atoms with Crippen LogP contribution in [0.3, 0.4) is 0 Å². The minimum Gasteiger partial charge on any atom is -0.328 e. The van der Waals surface area contributed by atoms with Gasteiger partial charge in [-0.25, -0.2) is 9.97 Å². The fraction of sp³-hybridized carbons (Fsp3) is 0.538. The van der Waals surface area contributed by atoms with E-state index in [1.807, 2.05) is 11.7 Å². The van der Waals surface area contributed by atoms with Crippen molar-refractivity contribution in [1.82, 2.24) is 19.9 Å². The van der Waals surface area contributed by atoms with E-state index in [2.05, 4.69) is 31.4 Å². The van der Waals surface area contributed by atoms with E-state index in [1.54, 1.807) is 11.3 Å². The molecular formula is C13H18N4S. The van der Waals surface area contributed by atoms with Gasteiger partial charge in [0.1, 0.15) is 5.69 Å². The molecule has 1 fully saturated rings. The molecule has 1 saturated heterocycles. The van der Waals surface area contributed by atoms with Crippen LogP contribution in [0.4, 0.5) is 0 Å². The molecule has 1 atom stereocenters. The fourth-order valence-electron chi connectivity index (χ4n) is 2.51. The molecule has 96 valence electrons. The summed E-state index contributed by atoms with van der Waals surface area (Å²) in [5.41, 5.74) is 2.84. The first-order chi connectivity index (χ1) is 8.93. The lowest BCUT2D eigenvalue weighted by Crippen LogP contribution is -2.32. The molecule has 3 rings (SSSR count). The van der Waals surface area contributed by atoms with Crippen LogP contribution in [0.25, 0.3) is 11.5 Å². The molecule has 1 aliphatic rings. The summed E-state index contributed by atoms with van der Waals surface area (Å²) in [5, 5.41) is 5.68. The van der Waals surface area contributed by atoms with Gasteiger partial charge in [-0.2, -0.15) is 0 Å². The average Bonchev–Trinajstić information content (AvgIpc) is 2.97. The molecule has 0 amide bonds. The molecule has 0 spiro atoms. The summed E-state index contributed by atoms with van der Waals surface area (Å²) in [7, 11) is 0. The van der Waals surface area contributed by atoms with Gasteiger partial charge in [0.15, 0.2) is 5.82 Å². The van der Waals surface area contributed by atoms with E-state index in [1.165, 1.54) is 25.7 Å². The quantitative estimate of drug-likeness (QED) is 0.924. The molecule has 0 aliphatic carbocycles. The molecule has 0 bridgehead atoms. The van der Waals surface area contributed by atoms with E-state index in [9.17, 15) is 0 Å². The third-order valence-electron chi connectivity index (χ3n) is 3.46. The summed E-state index contributed by atoms with van der Waals surface area (Å²) in [6.45, 7) is 2.14. The predicted molar refractivity (Wildman–Crippen MR) is 73.6 cm³/mol. The maximum atomic E-state index is 4.43. The smallest absolute Gasteiger partial charge is 0.159 e. The Morgan fingerprint density at radius 3 is 3.22 bits per heavy atom. The fourth-order valence-corrected chi connectivity index (χ4v) is 3.04. The maximum absolute atomic E-state index is 4.43. The summed E-state index contributed by atoms with van der Waals surface area (Å²) in [6.07, 6.45) is 9.17. The van der Waals surface area contributed by atoms with Crippen LogP contribution in [-0.2, 0) is 6.54 Å². The van der Waals surface area contributed by atoms with Crippen molar-refractivity contribution >= 4 is 11.3 Å². The highest BCUT2D eigenvalue weighted by Crippen LogP contribution is 2.18. The molecule has 1 unspecified atom stereocenters. The van der Waals surface area contributed by atoms with Gasteiger partial charge < -0.3 is 9.88 Å². The number of imidazole rings is 1. The first kappa shape index (κ1) is 11.9. The van der Waals surface area contributed by atoms with E-state index in [0.717, 1.165) is 24.6 Å². The Kier molecular flexibility index (Phi) is 3.71. The van der Waals surface area contributed by atoms with Crippen LogP contribution in [0, 0.1) is 0 Å². The Balaban J connectivity index is 1.74. The van der Waals surface area contributed by atoms with Crippen LogP contribution < -0.4 is 5.32 Å². The first-order valence-electron chi connectivity index (χ1n) is 6.56. The van der Waals surface area contributed by atoms with Gasteiger partial charge in [0, 0.05) is 30.4 Å². The number of hydrogen-bond donors (Lipinski definition) is 1. The van der Waals surface area contributed by atoms with Crippen molar-refractivity contribution in [2.45, 2.75) is 38.3 Å². The van der Waals surface area contributed by atoms with Crippen molar-refractivity contribution in [1.29, 1.82) is 0 Å². The van der Waals surface area contributed by atoms with E-state index >= 15 is 0 Å². The van der Waals surface area contributed by atoms with Crippen molar-refractivity contribution in [3.05, 3.63) is 23.3 Å². The van der Waals surface area contributed by atoms with Gasteiger partial charge in [-0.1, -0.05) is 12.8 Å². The van der Waals surface area contributed by atoms with Crippen LogP contribution in [0.2, 0.25) is 0 Å². The highest BCUT2D eigenvalue weighted by molar-refractivity contribution is 7.07. The van der Waals surface area contributed by atoms with Gasteiger partial charge in [-0.05, 0) is 19.4 Å². The van der Waals surface area contributed by atoms with Gasteiger partial charge in [-0.15, -0.1) is 11.3 Å². The summed E-state index contributed by atoms with van der Waals surface area (Å²) < 4.78 is 2.22. The van der Waals surface area contributed by atoms with Gasteiger partial charge in [0.2, 0.25) is 0 Å². The number of hydrogen-bond acceptors (Lipinski definition) is 4. The number of aromatic nitrogens is 3. The molecule has 0 aromatic carbocycles. The number of nitrogens with one attached hydrogen (secondary N) is 1. The third-order valence-corrected chi connectivity index (χ3v) is 4.04. The average molecular weight is 262 g/mol. The molecule has 4 nitrogen and oxygen atoms in total. The second-order valence-electron chi connectivity index (χ2n) is 4.78. The zero-order valence-corrected chi connectivity index (χ0v) is 11.2. The van der Waals surface area contributed by atoms with Crippen LogP contribution in [-0.4, -0.2) is 27.1 Å². The molecule has 2 aromatic heterocycles. The van der Waals surface area contributed by atoms with Crippen LogP contribution in [0.15, 0.2) is 23.3 Å². The second-order valence-corrected chi connectivity index (χ2v) is 5.50. The summed E-state index contributed by atoms with van der Waals surface area (Å²) in [6, 6.07) is 0.569. The monoisotopic (exact) mass is 262 g/mol. The molecule has 5 heteroatoms. The van der Waals surface area contributed by atoms with Gasteiger partial charge in [0.25, 0.3) is 0 Å². The third kappa shape index (κ3) is 2.62. The highest BCUT2D eigenvalue weighted by Gasteiger charge is 2.15. The van der Waals surface area contributed by atoms with Gasteiger partial charge in [-0.3, -0.25) is 0 Å². The Hall–Kier alpha value is -1.20. The molecule has 18 heavy (non-hydrogen) atoms. The normalized spacial score (nSPS) is 20.8. The molecular weight excluding hydrogens is 244 g/mol. The number of nitrogens with zero attached hydrogens (tertiary/aromatic N) is 3. The lowest BCUT2D eigenvalue weighted by molar-refractivity contribution is 0.446. The van der Waals surface area contributed by atoms with E-state index in [-0.39, 0.29) is 0 Å². The highest BCUT2D eigenvalue weighted by atomic mass is 32.1. The Morgan fingerprint density at radius 2 is 2.33 bits per heavy atom. The molecule has 1 aliphatic heterocycles. The van der Waals surface area contributed by atoms with Crippen LogP contribution in [0.1, 0.15) is 25.7 Å². The summed E-state index contributed by atoms with van der Waals surface area (Å²) in [5.74, 6) is 0.988. The van der Waals surface area contributed by atoms with Crippen molar-refractivity contribution in [3.8, 4) is 11.5 Å². The number of thiazole rings is 1. The Morgan fingerprint density at radius 1 is 1.33 bits per heavy atom. The zero-order chi connectivity index (χ0) is 12.2. The topological polar surface area (TPSA) is 42.7 Å². The largest absolute Gasteiger partial charge is 0.328 e. The lowest BCUT2D eigenvalue weighted by Gasteiger charge is -2.17. The minimum atomic E-state index is 0.569. The van der Waals surface area contributed by atoms with Crippen molar-refractivity contribution in [2.24, 2.45) is 0 Å². The molecule has 1 N–H and O–H groups in total. The maximum Gasteiger partial charge on any atom is 0.159 e.